The van der Waals surface area contributed by atoms with Crippen molar-refractivity contribution in [2.75, 3.05) is 40.9 Å². The number of carbonyl (C=O) groups excluding carboxylic acids is 1. The van der Waals surface area contributed by atoms with Crippen LogP contribution in [0.2, 0.25) is 0 Å². The fraction of sp³-hybridized carbons (Fsp3) is 0.381. The molecule has 0 heterocycles. The molecule has 0 aliphatic rings. The number of nitrogens with zero attached hydrogens (tertiary/aromatic N) is 1. The highest BCUT2D eigenvalue weighted by Gasteiger charge is 2.12. The van der Waals surface area contributed by atoms with Gasteiger partial charge in [-0.05, 0) is 37.4 Å². The molecule has 0 saturated carbocycles. The fourth-order valence-electron chi connectivity index (χ4n) is 2.50. The number of hydrogen-bond donors (Lipinski definition) is 2. The first-order valence-corrected chi connectivity index (χ1v) is 9.94. The summed E-state index contributed by atoms with van der Waals surface area (Å²) in [6.07, 6.45) is 0. The van der Waals surface area contributed by atoms with Crippen LogP contribution in [0, 0.1) is 0 Å². The van der Waals surface area contributed by atoms with Crippen LogP contribution in [-0.2, 0) is 17.9 Å². The molecule has 0 spiro atoms. The van der Waals surface area contributed by atoms with Crippen molar-refractivity contribution in [1.29, 1.82) is 0 Å². The largest absolute Gasteiger partial charge is 0.493 e. The summed E-state index contributed by atoms with van der Waals surface area (Å²) in [4.78, 5) is 14.2. The van der Waals surface area contributed by atoms with Crippen LogP contribution in [0.1, 0.15) is 11.1 Å². The van der Waals surface area contributed by atoms with Crippen LogP contribution in [-0.4, -0.2) is 51.7 Å². The molecule has 2 N–H and O–H groups in total. The van der Waals surface area contributed by atoms with E-state index < -0.39 is 0 Å². The summed E-state index contributed by atoms with van der Waals surface area (Å²) in [5.74, 6) is 0.946. The number of methoxy groups -OCH3 is 1. The summed E-state index contributed by atoms with van der Waals surface area (Å²) in [5, 5.41) is 6.24. The molecule has 0 radical (unpaired) electrons. The van der Waals surface area contributed by atoms with Gasteiger partial charge in [-0.2, -0.15) is 0 Å². The Kier molecular flexibility index (Phi) is 11.7. The molecule has 0 aliphatic carbocycles. The van der Waals surface area contributed by atoms with Crippen LogP contribution in [0.25, 0.3) is 0 Å². The molecular formula is C21H29BrClN3O3. The zero-order chi connectivity index (χ0) is 20.4. The number of nitrogens with one attached hydrogen (secondary N) is 2. The third-order valence-electron chi connectivity index (χ3n) is 4.08. The number of halogens is 2. The van der Waals surface area contributed by atoms with E-state index in [1.807, 2.05) is 56.6 Å². The molecule has 0 saturated heterocycles. The SMILES string of the molecule is COc1cc(CNCCN(C)C)c(Br)cc1OCC(=O)NCc1ccccc1.Cl. The average molecular weight is 487 g/mol. The van der Waals surface area contributed by atoms with Crippen molar-refractivity contribution in [2.45, 2.75) is 13.1 Å². The van der Waals surface area contributed by atoms with Gasteiger partial charge >= 0.3 is 0 Å². The average Bonchev–Trinajstić information content (AvgIpc) is 2.69. The van der Waals surface area contributed by atoms with E-state index in [1.165, 1.54) is 0 Å². The number of rotatable bonds is 11. The van der Waals surface area contributed by atoms with Crippen molar-refractivity contribution >= 4 is 34.2 Å². The van der Waals surface area contributed by atoms with Crippen molar-refractivity contribution in [2.24, 2.45) is 0 Å². The quantitative estimate of drug-likeness (QED) is 0.478. The molecule has 1 amide bonds. The lowest BCUT2D eigenvalue weighted by molar-refractivity contribution is -0.123. The van der Waals surface area contributed by atoms with Crippen molar-refractivity contribution in [3.05, 3.63) is 58.1 Å². The van der Waals surface area contributed by atoms with Crippen LogP contribution >= 0.6 is 28.3 Å². The van der Waals surface area contributed by atoms with E-state index in [1.54, 1.807) is 7.11 Å². The Morgan fingerprint density at radius 1 is 1.10 bits per heavy atom. The third-order valence-corrected chi connectivity index (χ3v) is 4.81. The van der Waals surface area contributed by atoms with Gasteiger partial charge in [0.1, 0.15) is 0 Å². The summed E-state index contributed by atoms with van der Waals surface area (Å²) in [6.45, 7) is 2.97. The zero-order valence-corrected chi connectivity index (χ0v) is 19.4. The van der Waals surface area contributed by atoms with E-state index in [0.29, 0.717) is 24.6 Å². The van der Waals surface area contributed by atoms with E-state index in [9.17, 15) is 4.79 Å². The van der Waals surface area contributed by atoms with Gasteiger partial charge in [-0.3, -0.25) is 4.79 Å². The van der Waals surface area contributed by atoms with Crippen LogP contribution in [0.4, 0.5) is 0 Å². The predicted molar refractivity (Wildman–Crippen MR) is 122 cm³/mol. The van der Waals surface area contributed by atoms with Gasteiger partial charge in [0.25, 0.3) is 5.91 Å². The Balaban J connectivity index is 0.00000420. The highest BCUT2D eigenvalue weighted by atomic mass is 79.9. The number of ether oxygens (including phenoxy) is 2. The lowest BCUT2D eigenvalue weighted by atomic mass is 10.2. The van der Waals surface area contributed by atoms with Crippen molar-refractivity contribution in [3.8, 4) is 11.5 Å². The minimum Gasteiger partial charge on any atom is -0.493 e. The van der Waals surface area contributed by atoms with E-state index in [-0.39, 0.29) is 24.9 Å². The van der Waals surface area contributed by atoms with Crippen LogP contribution < -0.4 is 20.1 Å². The summed E-state index contributed by atoms with van der Waals surface area (Å²) >= 11 is 3.57. The predicted octanol–water partition coefficient (Wildman–Crippen LogP) is 3.23. The second kappa shape index (κ2) is 13.4. The Morgan fingerprint density at radius 2 is 1.83 bits per heavy atom. The smallest absolute Gasteiger partial charge is 0.258 e. The summed E-state index contributed by atoms with van der Waals surface area (Å²) < 4.78 is 12.0. The molecule has 0 bridgehead atoms. The highest BCUT2D eigenvalue weighted by Crippen LogP contribution is 2.33. The highest BCUT2D eigenvalue weighted by molar-refractivity contribution is 9.10. The Labute approximate surface area is 187 Å². The minimum absolute atomic E-state index is 0. The van der Waals surface area contributed by atoms with E-state index in [0.717, 1.165) is 28.7 Å². The van der Waals surface area contributed by atoms with Gasteiger partial charge < -0.3 is 25.0 Å². The fourth-order valence-corrected chi connectivity index (χ4v) is 2.96. The summed E-state index contributed by atoms with van der Waals surface area (Å²) in [7, 11) is 5.68. The van der Waals surface area contributed by atoms with Gasteiger partial charge in [-0.25, -0.2) is 0 Å². The topological polar surface area (TPSA) is 62.8 Å². The number of likely N-dealkylation sites (N-methyl/N-ethyl adjacent to an activating group) is 1. The zero-order valence-electron chi connectivity index (χ0n) is 17.0. The standard InChI is InChI=1S/C21H28BrN3O3.ClH/c1-25(2)10-9-23-14-17-11-19(27-3)20(12-18(17)22)28-15-21(26)24-13-16-7-5-4-6-8-16;/h4-8,11-12,23H,9-10,13-15H2,1-3H3,(H,24,26);1H. The summed E-state index contributed by atoms with van der Waals surface area (Å²) in [6, 6.07) is 13.5. The second-order valence-corrected chi connectivity index (χ2v) is 7.48. The number of hydrogen-bond acceptors (Lipinski definition) is 5. The molecule has 6 nitrogen and oxygen atoms in total. The molecule has 2 aromatic carbocycles. The van der Waals surface area contributed by atoms with Gasteiger partial charge in [0.15, 0.2) is 18.1 Å². The van der Waals surface area contributed by atoms with Crippen molar-refractivity contribution < 1.29 is 14.3 Å². The van der Waals surface area contributed by atoms with Crippen molar-refractivity contribution in [1.82, 2.24) is 15.5 Å². The summed E-state index contributed by atoms with van der Waals surface area (Å²) in [5.41, 5.74) is 2.11. The van der Waals surface area contributed by atoms with Crippen molar-refractivity contribution in [3.63, 3.8) is 0 Å². The molecular weight excluding hydrogens is 458 g/mol. The lowest BCUT2D eigenvalue weighted by Gasteiger charge is -2.15. The van der Waals surface area contributed by atoms with Crippen LogP contribution in [0.3, 0.4) is 0 Å². The van der Waals surface area contributed by atoms with Crippen LogP contribution in [0.5, 0.6) is 11.5 Å². The number of carbonyl (C=O) groups is 1. The molecule has 0 aliphatic heterocycles. The lowest BCUT2D eigenvalue weighted by Crippen LogP contribution is -2.28. The Hall–Kier alpha value is -1.80. The van der Waals surface area contributed by atoms with Gasteiger partial charge in [0.05, 0.1) is 7.11 Å². The Morgan fingerprint density at radius 3 is 2.48 bits per heavy atom. The molecule has 2 rings (SSSR count). The third kappa shape index (κ3) is 9.04. The molecule has 0 unspecified atom stereocenters. The first-order chi connectivity index (χ1) is 13.5. The number of amides is 1. The maximum atomic E-state index is 12.1. The van der Waals surface area contributed by atoms with E-state index in [2.05, 4.69) is 31.5 Å². The molecule has 2 aromatic rings. The van der Waals surface area contributed by atoms with E-state index >= 15 is 0 Å². The molecule has 160 valence electrons. The molecule has 0 atom stereocenters. The molecule has 29 heavy (non-hydrogen) atoms. The second-order valence-electron chi connectivity index (χ2n) is 6.63. The van der Waals surface area contributed by atoms with Gasteiger partial charge in [-0.1, -0.05) is 46.3 Å². The van der Waals surface area contributed by atoms with Gasteiger partial charge in [0.2, 0.25) is 0 Å². The molecule has 0 aromatic heterocycles. The van der Waals surface area contributed by atoms with Gasteiger partial charge in [0, 0.05) is 30.7 Å². The van der Waals surface area contributed by atoms with Crippen LogP contribution in [0.15, 0.2) is 46.9 Å². The Bertz CT molecular complexity index is 760. The van der Waals surface area contributed by atoms with E-state index in [4.69, 9.17) is 9.47 Å². The maximum Gasteiger partial charge on any atom is 0.258 e. The maximum absolute atomic E-state index is 12.1. The first-order valence-electron chi connectivity index (χ1n) is 9.15. The normalized spacial score (nSPS) is 10.4. The van der Waals surface area contributed by atoms with Gasteiger partial charge in [-0.15, -0.1) is 12.4 Å². The monoisotopic (exact) mass is 485 g/mol. The minimum atomic E-state index is -0.184. The molecule has 0 fully saturated rings. The number of benzene rings is 2. The first kappa shape index (κ1) is 25.2. The molecule has 8 heteroatoms.